The Morgan fingerprint density at radius 3 is 2.40 bits per heavy atom. The van der Waals surface area contributed by atoms with Gasteiger partial charge in [-0.25, -0.2) is 4.79 Å². The summed E-state index contributed by atoms with van der Waals surface area (Å²) >= 11 is 0. The second-order valence-electron chi connectivity index (χ2n) is 8.37. The maximum atomic E-state index is 12.9. The SMILES string of the molecule is Cc1ccc([C@H](NC(=O)CN2C(=O)NC3(CCCC3)C2=O)c2ccccc2)cc1C. The Kier molecular flexibility index (Phi) is 5.33. The van der Waals surface area contributed by atoms with Crippen LogP contribution in [0.5, 0.6) is 0 Å². The van der Waals surface area contributed by atoms with Crippen molar-refractivity contribution < 1.29 is 14.4 Å². The molecule has 4 amide bonds. The minimum absolute atomic E-state index is 0.275. The highest BCUT2D eigenvalue weighted by molar-refractivity contribution is 6.09. The lowest BCUT2D eigenvalue weighted by molar-refractivity contribution is -0.135. The van der Waals surface area contributed by atoms with E-state index in [1.54, 1.807) is 0 Å². The van der Waals surface area contributed by atoms with Crippen molar-refractivity contribution in [2.45, 2.75) is 51.1 Å². The first-order chi connectivity index (χ1) is 14.4. The van der Waals surface area contributed by atoms with Gasteiger partial charge in [0.1, 0.15) is 12.1 Å². The van der Waals surface area contributed by atoms with Crippen molar-refractivity contribution in [2.75, 3.05) is 6.54 Å². The lowest BCUT2D eigenvalue weighted by Gasteiger charge is -2.23. The molecule has 1 aliphatic carbocycles. The molecule has 6 nitrogen and oxygen atoms in total. The van der Waals surface area contributed by atoms with Crippen LogP contribution in [0.2, 0.25) is 0 Å². The molecule has 156 valence electrons. The molecule has 1 spiro atoms. The second-order valence-corrected chi connectivity index (χ2v) is 8.37. The van der Waals surface area contributed by atoms with Gasteiger partial charge in [-0.05, 0) is 48.9 Å². The summed E-state index contributed by atoms with van der Waals surface area (Å²) in [5.74, 6) is -0.636. The number of hydrogen-bond acceptors (Lipinski definition) is 3. The highest BCUT2D eigenvalue weighted by Gasteiger charge is 2.52. The number of nitrogens with zero attached hydrogens (tertiary/aromatic N) is 1. The Morgan fingerprint density at radius 2 is 1.73 bits per heavy atom. The van der Waals surface area contributed by atoms with E-state index in [4.69, 9.17) is 0 Å². The zero-order valence-corrected chi connectivity index (χ0v) is 17.4. The first-order valence-electron chi connectivity index (χ1n) is 10.5. The number of urea groups is 1. The third kappa shape index (κ3) is 3.70. The number of imide groups is 1. The molecule has 0 unspecified atom stereocenters. The van der Waals surface area contributed by atoms with E-state index in [0.29, 0.717) is 12.8 Å². The fraction of sp³-hybridized carbons (Fsp3) is 0.375. The van der Waals surface area contributed by atoms with E-state index in [0.717, 1.165) is 34.4 Å². The Morgan fingerprint density at radius 1 is 1.03 bits per heavy atom. The number of nitrogens with one attached hydrogen (secondary N) is 2. The molecule has 0 bridgehead atoms. The van der Waals surface area contributed by atoms with Gasteiger partial charge in [-0.1, -0.05) is 61.4 Å². The van der Waals surface area contributed by atoms with E-state index >= 15 is 0 Å². The number of benzene rings is 2. The van der Waals surface area contributed by atoms with Gasteiger partial charge in [0.25, 0.3) is 5.91 Å². The van der Waals surface area contributed by atoms with Crippen molar-refractivity contribution >= 4 is 17.8 Å². The van der Waals surface area contributed by atoms with E-state index in [1.807, 2.05) is 56.3 Å². The summed E-state index contributed by atoms with van der Waals surface area (Å²) in [6, 6.07) is 15.0. The molecule has 1 saturated carbocycles. The fourth-order valence-electron chi connectivity index (χ4n) is 4.44. The molecule has 2 fully saturated rings. The predicted molar refractivity (Wildman–Crippen MR) is 114 cm³/mol. The van der Waals surface area contributed by atoms with E-state index < -0.39 is 11.6 Å². The minimum atomic E-state index is -0.801. The summed E-state index contributed by atoms with van der Waals surface area (Å²) < 4.78 is 0. The standard InChI is InChI=1S/C24H27N3O3/c1-16-10-11-19(14-17(16)2)21(18-8-4-3-5-9-18)25-20(28)15-27-22(29)24(26-23(27)30)12-6-7-13-24/h3-5,8-11,14,21H,6-7,12-13,15H2,1-2H3,(H,25,28)(H,26,30)/t21-/m1/s1. The molecule has 6 heteroatoms. The van der Waals surface area contributed by atoms with Crippen molar-refractivity contribution in [3.63, 3.8) is 0 Å². The monoisotopic (exact) mass is 405 g/mol. The van der Waals surface area contributed by atoms with Gasteiger partial charge in [0.05, 0.1) is 6.04 Å². The average Bonchev–Trinajstić information content (AvgIpc) is 3.30. The first kappa shape index (κ1) is 20.1. The summed E-state index contributed by atoms with van der Waals surface area (Å²) in [5, 5.41) is 5.85. The summed E-state index contributed by atoms with van der Waals surface area (Å²) in [6.45, 7) is 3.81. The normalized spacial score (nSPS) is 18.5. The quantitative estimate of drug-likeness (QED) is 0.749. The number of carbonyl (C=O) groups is 3. The molecule has 1 atom stereocenters. The number of amides is 4. The highest BCUT2D eigenvalue weighted by Crippen LogP contribution is 2.35. The Balaban J connectivity index is 1.54. The molecule has 4 rings (SSSR count). The lowest BCUT2D eigenvalue weighted by Crippen LogP contribution is -2.45. The number of carbonyl (C=O) groups excluding carboxylic acids is 3. The Bertz CT molecular complexity index is 980. The van der Waals surface area contributed by atoms with Crippen LogP contribution >= 0.6 is 0 Å². The summed E-state index contributed by atoms with van der Waals surface area (Å²) in [4.78, 5) is 39.2. The van der Waals surface area contributed by atoms with Crippen molar-refractivity contribution in [2.24, 2.45) is 0 Å². The average molecular weight is 405 g/mol. The van der Waals surface area contributed by atoms with Crippen LogP contribution in [-0.2, 0) is 9.59 Å². The Labute approximate surface area is 176 Å². The van der Waals surface area contributed by atoms with Crippen LogP contribution in [0.1, 0.15) is 54.0 Å². The van der Waals surface area contributed by atoms with Crippen LogP contribution in [0.15, 0.2) is 48.5 Å². The Hall–Kier alpha value is -3.15. The van der Waals surface area contributed by atoms with Gasteiger partial charge < -0.3 is 10.6 Å². The molecule has 2 aromatic carbocycles. The molecule has 2 aromatic rings. The molecule has 1 saturated heterocycles. The number of hydrogen-bond donors (Lipinski definition) is 2. The van der Waals surface area contributed by atoms with E-state index in [9.17, 15) is 14.4 Å². The molecule has 2 N–H and O–H groups in total. The van der Waals surface area contributed by atoms with Crippen LogP contribution in [0, 0.1) is 13.8 Å². The van der Waals surface area contributed by atoms with Crippen molar-refractivity contribution in [3.8, 4) is 0 Å². The molecule has 0 aromatic heterocycles. The van der Waals surface area contributed by atoms with Gasteiger partial charge in [-0.15, -0.1) is 0 Å². The van der Waals surface area contributed by atoms with Crippen molar-refractivity contribution in [1.82, 2.24) is 15.5 Å². The maximum Gasteiger partial charge on any atom is 0.325 e. The number of aryl methyl sites for hydroxylation is 2. The lowest BCUT2D eigenvalue weighted by atomic mass is 9.95. The molecule has 1 heterocycles. The van der Waals surface area contributed by atoms with Gasteiger partial charge in [-0.2, -0.15) is 0 Å². The summed E-state index contributed by atoms with van der Waals surface area (Å²) in [6.07, 6.45) is 3.11. The zero-order chi connectivity index (χ0) is 21.3. The van der Waals surface area contributed by atoms with Gasteiger partial charge in [0.15, 0.2) is 0 Å². The third-order valence-corrected chi connectivity index (χ3v) is 6.31. The van der Waals surface area contributed by atoms with Gasteiger partial charge in [0.2, 0.25) is 5.91 Å². The van der Waals surface area contributed by atoms with Crippen LogP contribution < -0.4 is 10.6 Å². The van der Waals surface area contributed by atoms with Gasteiger partial charge in [0, 0.05) is 0 Å². The largest absolute Gasteiger partial charge is 0.344 e. The minimum Gasteiger partial charge on any atom is -0.344 e. The maximum absolute atomic E-state index is 12.9. The molecule has 1 aliphatic heterocycles. The summed E-state index contributed by atoms with van der Waals surface area (Å²) in [5.41, 5.74) is 3.42. The summed E-state index contributed by atoms with van der Waals surface area (Å²) in [7, 11) is 0. The zero-order valence-electron chi connectivity index (χ0n) is 17.4. The molecule has 2 aliphatic rings. The molecular formula is C24H27N3O3. The van der Waals surface area contributed by atoms with E-state index in [2.05, 4.69) is 16.7 Å². The van der Waals surface area contributed by atoms with Gasteiger partial charge in [-0.3, -0.25) is 14.5 Å². The third-order valence-electron chi connectivity index (χ3n) is 6.31. The smallest absolute Gasteiger partial charge is 0.325 e. The fourth-order valence-corrected chi connectivity index (χ4v) is 4.44. The molecule has 0 radical (unpaired) electrons. The van der Waals surface area contributed by atoms with E-state index in [1.165, 1.54) is 5.56 Å². The highest BCUT2D eigenvalue weighted by atomic mass is 16.2. The molecule has 30 heavy (non-hydrogen) atoms. The predicted octanol–water partition coefficient (Wildman–Crippen LogP) is 3.37. The van der Waals surface area contributed by atoms with Crippen LogP contribution in [0.25, 0.3) is 0 Å². The van der Waals surface area contributed by atoms with Crippen LogP contribution in [0.3, 0.4) is 0 Å². The second kappa shape index (κ2) is 7.94. The van der Waals surface area contributed by atoms with Crippen molar-refractivity contribution in [3.05, 3.63) is 70.8 Å². The van der Waals surface area contributed by atoms with E-state index in [-0.39, 0.29) is 24.4 Å². The van der Waals surface area contributed by atoms with Crippen molar-refractivity contribution in [1.29, 1.82) is 0 Å². The topological polar surface area (TPSA) is 78.5 Å². The molecular weight excluding hydrogens is 378 g/mol. The van der Waals surface area contributed by atoms with Gasteiger partial charge >= 0.3 is 6.03 Å². The van der Waals surface area contributed by atoms with Crippen LogP contribution in [-0.4, -0.2) is 34.8 Å². The number of rotatable bonds is 5. The first-order valence-corrected chi connectivity index (χ1v) is 10.5. The van der Waals surface area contributed by atoms with Crippen LogP contribution in [0.4, 0.5) is 4.79 Å².